The Morgan fingerprint density at radius 2 is 2.00 bits per heavy atom. The molecule has 0 saturated carbocycles. The van der Waals surface area contributed by atoms with Crippen LogP contribution in [0, 0.1) is 0 Å². The lowest BCUT2D eigenvalue weighted by Gasteiger charge is -2.31. The van der Waals surface area contributed by atoms with Crippen LogP contribution in [0.15, 0.2) is 30.4 Å². The van der Waals surface area contributed by atoms with Crippen LogP contribution >= 0.6 is 0 Å². The minimum absolute atomic E-state index is 0.0770. The van der Waals surface area contributed by atoms with E-state index < -0.39 is 11.9 Å². The maximum absolute atomic E-state index is 12.7. The Hall–Kier alpha value is -2.43. The number of imide groups is 1. The molecule has 2 aliphatic heterocycles. The summed E-state index contributed by atoms with van der Waals surface area (Å²) < 4.78 is 0. The molecule has 1 N–H and O–H groups in total. The molecule has 3 amide bonds. The van der Waals surface area contributed by atoms with Gasteiger partial charge in [-0.2, -0.15) is 0 Å². The second-order valence-corrected chi connectivity index (χ2v) is 6.11. The number of fused-ring (bicyclic) bond motifs is 1. The van der Waals surface area contributed by atoms with E-state index >= 15 is 0 Å². The quantitative estimate of drug-likeness (QED) is 0.668. The molecule has 1 aromatic carbocycles. The highest BCUT2D eigenvalue weighted by Crippen LogP contribution is 2.33. The van der Waals surface area contributed by atoms with Crippen LogP contribution < -0.4 is 5.32 Å². The fraction of sp³-hybridized carbons (Fsp3) is 0.353. The number of carbonyl (C=O) groups excluding carboxylic acids is 3. The summed E-state index contributed by atoms with van der Waals surface area (Å²) in [6.45, 7) is 8.36. The van der Waals surface area contributed by atoms with E-state index in [1.54, 1.807) is 6.07 Å². The Bertz CT molecular complexity index is 686. The highest BCUT2D eigenvalue weighted by atomic mass is 16.2. The predicted molar refractivity (Wildman–Crippen MR) is 81.1 cm³/mol. The highest BCUT2D eigenvalue weighted by molar-refractivity contribution is 6.08. The summed E-state index contributed by atoms with van der Waals surface area (Å²) in [6, 6.07) is 4.91. The van der Waals surface area contributed by atoms with Crippen LogP contribution in [0.2, 0.25) is 0 Å². The van der Waals surface area contributed by atoms with E-state index in [1.807, 2.05) is 12.1 Å². The van der Waals surface area contributed by atoms with Gasteiger partial charge in [0.05, 0.1) is 6.42 Å². The Labute approximate surface area is 129 Å². The second kappa shape index (κ2) is 5.09. The van der Waals surface area contributed by atoms with E-state index in [2.05, 4.69) is 25.7 Å². The molecule has 22 heavy (non-hydrogen) atoms. The number of hydrogen-bond donors (Lipinski definition) is 1. The van der Waals surface area contributed by atoms with Gasteiger partial charge in [0.15, 0.2) is 0 Å². The molecule has 1 aromatic rings. The van der Waals surface area contributed by atoms with Gasteiger partial charge in [-0.1, -0.05) is 32.6 Å². The lowest BCUT2D eigenvalue weighted by Crippen LogP contribution is -2.53. The van der Waals surface area contributed by atoms with E-state index in [9.17, 15) is 14.4 Å². The molecular weight excluding hydrogens is 280 g/mol. The van der Waals surface area contributed by atoms with Gasteiger partial charge in [-0.15, -0.1) is 0 Å². The minimum Gasteiger partial charge on any atom is -0.318 e. The number of nitrogens with zero attached hydrogens (tertiary/aromatic N) is 1. The Kier molecular flexibility index (Phi) is 3.35. The maximum Gasteiger partial charge on any atom is 0.255 e. The average molecular weight is 298 g/mol. The van der Waals surface area contributed by atoms with Gasteiger partial charge < -0.3 is 4.90 Å². The summed E-state index contributed by atoms with van der Waals surface area (Å²) in [6.07, 6.45) is 0.0770. The van der Waals surface area contributed by atoms with Crippen molar-refractivity contribution in [2.24, 2.45) is 0 Å². The molecule has 5 heteroatoms. The van der Waals surface area contributed by atoms with Gasteiger partial charge in [-0.05, 0) is 28.7 Å². The maximum atomic E-state index is 12.7. The summed E-state index contributed by atoms with van der Waals surface area (Å²) in [5, 5.41) is 2.29. The van der Waals surface area contributed by atoms with Crippen LogP contribution in [0.1, 0.15) is 47.7 Å². The third-order valence-corrected chi connectivity index (χ3v) is 4.25. The zero-order chi connectivity index (χ0) is 16.0. The summed E-state index contributed by atoms with van der Waals surface area (Å²) in [5.74, 6) is -0.701. The third kappa shape index (κ3) is 2.13. The van der Waals surface area contributed by atoms with Crippen molar-refractivity contribution in [3.63, 3.8) is 0 Å². The van der Waals surface area contributed by atoms with E-state index in [1.165, 1.54) is 4.90 Å². The molecular formula is C17H18N2O3. The van der Waals surface area contributed by atoms with Crippen LogP contribution in [0.5, 0.6) is 0 Å². The third-order valence-electron chi connectivity index (χ3n) is 4.25. The number of piperidine rings is 1. The van der Waals surface area contributed by atoms with Gasteiger partial charge in [0.1, 0.15) is 6.04 Å². The zero-order valence-electron chi connectivity index (χ0n) is 12.7. The van der Waals surface area contributed by atoms with Crippen molar-refractivity contribution in [3.8, 4) is 0 Å². The van der Waals surface area contributed by atoms with E-state index in [0.29, 0.717) is 23.6 Å². The number of benzene rings is 1. The fourth-order valence-electron chi connectivity index (χ4n) is 3.23. The first-order valence-electron chi connectivity index (χ1n) is 7.34. The zero-order valence-corrected chi connectivity index (χ0v) is 12.7. The lowest BCUT2D eigenvalue weighted by atomic mass is 9.95. The number of amides is 3. The highest BCUT2D eigenvalue weighted by Gasteiger charge is 2.41. The lowest BCUT2D eigenvalue weighted by molar-refractivity contribution is -0.134. The molecule has 0 aliphatic carbocycles. The molecule has 0 radical (unpaired) electrons. The monoisotopic (exact) mass is 298 g/mol. The standard InChI is InChI=1S/C17H18N2O3/c1-9(2)11-5-4-6-12-13(11)8-19(17(12)22)15-10(3)7-14(20)18-16(15)21/h4-6,9,15H,3,7-8H2,1-2H3,(H,18,20,21)/t15-/m0/s1. The molecule has 114 valence electrons. The van der Waals surface area contributed by atoms with Crippen molar-refractivity contribution in [1.29, 1.82) is 0 Å². The first kappa shape index (κ1) is 14.5. The molecule has 0 aromatic heterocycles. The number of nitrogens with one attached hydrogen (secondary N) is 1. The molecule has 0 bridgehead atoms. The van der Waals surface area contributed by atoms with Gasteiger partial charge in [0, 0.05) is 12.1 Å². The Morgan fingerprint density at radius 1 is 1.27 bits per heavy atom. The van der Waals surface area contributed by atoms with Crippen LogP contribution in [0.25, 0.3) is 0 Å². The Balaban J connectivity index is 1.97. The normalized spacial score (nSPS) is 21.4. The number of rotatable bonds is 2. The van der Waals surface area contributed by atoms with E-state index in [-0.39, 0.29) is 18.2 Å². The molecule has 0 spiro atoms. The van der Waals surface area contributed by atoms with E-state index in [0.717, 1.165) is 11.1 Å². The molecule has 2 aliphatic rings. The van der Waals surface area contributed by atoms with Gasteiger partial charge >= 0.3 is 0 Å². The molecule has 1 fully saturated rings. The summed E-state index contributed by atoms with van der Waals surface area (Å²) in [7, 11) is 0. The van der Waals surface area contributed by atoms with Crippen molar-refractivity contribution < 1.29 is 14.4 Å². The molecule has 0 unspecified atom stereocenters. The van der Waals surface area contributed by atoms with Crippen molar-refractivity contribution in [3.05, 3.63) is 47.0 Å². The second-order valence-electron chi connectivity index (χ2n) is 6.11. The summed E-state index contributed by atoms with van der Waals surface area (Å²) in [4.78, 5) is 37.7. The van der Waals surface area contributed by atoms with Gasteiger partial charge in [-0.3, -0.25) is 19.7 Å². The average Bonchev–Trinajstić information content (AvgIpc) is 2.75. The van der Waals surface area contributed by atoms with Crippen molar-refractivity contribution in [1.82, 2.24) is 10.2 Å². The predicted octanol–water partition coefficient (Wildman–Crippen LogP) is 1.74. The molecule has 5 nitrogen and oxygen atoms in total. The smallest absolute Gasteiger partial charge is 0.255 e. The van der Waals surface area contributed by atoms with Gasteiger partial charge in [0.25, 0.3) is 11.8 Å². The molecule has 1 saturated heterocycles. The number of hydrogen-bond acceptors (Lipinski definition) is 3. The summed E-state index contributed by atoms with van der Waals surface area (Å²) in [5.41, 5.74) is 3.20. The van der Waals surface area contributed by atoms with Crippen LogP contribution in [0.4, 0.5) is 0 Å². The molecule has 2 heterocycles. The Morgan fingerprint density at radius 3 is 2.64 bits per heavy atom. The fourth-order valence-corrected chi connectivity index (χ4v) is 3.23. The van der Waals surface area contributed by atoms with Crippen molar-refractivity contribution >= 4 is 17.7 Å². The molecule has 1 atom stereocenters. The minimum atomic E-state index is -0.766. The van der Waals surface area contributed by atoms with Gasteiger partial charge in [-0.25, -0.2) is 0 Å². The topological polar surface area (TPSA) is 66.5 Å². The van der Waals surface area contributed by atoms with E-state index in [4.69, 9.17) is 0 Å². The van der Waals surface area contributed by atoms with Gasteiger partial charge in [0.2, 0.25) is 5.91 Å². The van der Waals surface area contributed by atoms with Crippen molar-refractivity contribution in [2.75, 3.05) is 0 Å². The van der Waals surface area contributed by atoms with Crippen molar-refractivity contribution in [2.45, 2.75) is 38.8 Å². The first-order valence-corrected chi connectivity index (χ1v) is 7.34. The molecule has 3 rings (SSSR count). The van der Waals surface area contributed by atoms with Crippen LogP contribution in [-0.2, 0) is 16.1 Å². The van der Waals surface area contributed by atoms with Crippen LogP contribution in [-0.4, -0.2) is 28.7 Å². The largest absolute Gasteiger partial charge is 0.318 e. The SMILES string of the molecule is C=C1CC(=O)NC(=O)[C@H]1N1Cc2c(cccc2C(C)C)C1=O. The number of carbonyl (C=O) groups is 3. The van der Waals surface area contributed by atoms with Crippen LogP contribution in [0.3, 0.4) is 0 Å². The summed E-state index contributed by atoms with van der Waals surface area (Å²) >= 11 is 0. The first-order chi connectivity index (χ1) is 10.4.